The fraction of sp³-hybridized carbons (Fsp3) is 0.581. The van der Waals surface area contributed by atoms with Gasteiger partial charge in [0.2, 0.25) is 5.91 Å². The molecule has 6 aliphatic heterocycles. The largest absolute Gasteiger partial charge is 0.481 e. The SMILES string of the molecule is Cc1ccc2cccnc2c1N1CCCN(C(CC(=O)NCCN2CCCC2)c2csc(N3CCOCC3)n2)CC1.Cc1ccc2cccnc2c1N1CCCN(C(CC(=O)O)c2csc(N3CCOCC3)n2)CC1.NCCN1CCCC1. The molecule has 2 aromatic carbocycles. The molecule has 83 heavy (non-hydrogen) atoms. The molecule has 0 aliphatic carbocycles. The lowest BCUT2D eigenvalue weighted by molar-refractivity contribution is -0.138. The summed E-state index contributed by atoms with van der Waals surface area (Å²) < 4.78 is 11.0. The van der Waals surface area contributed by atoms with Gasteiger partial charge in [-0.25, -0.2) is 9.97 Å². The maximum atomic E-state index is 13.3. The Bertz CT molecular complexity index is 2990. The summed E-state index contributed by atoms with van der Waals surface area (Å²) in [6.07, 6.45) is 11.5. The lowest BCUT2D eigenvalue weighted by Crippen LogP contribution is -2.39. The summed E-state index contributed by atoms with van der Waals surface area (Å²) in [5.41, 5.74) is 14.3. The molecule has 448 valence electrons. The van der Waals surface area contributed by atoms with Crippen molar-refractivity contribution in [2.45, 2.75) is 77.3 Å². The Labute approximate surface area is 498 Å². The fourth-order valence-electron chi connectivity index (χ4n) is 12.7. The van der Waals surface area contributed by atoms with E-state index in [-0.39, 0.29) is 24.4 Å². The number of nitrogens with zero attached hydrogens (tertiary/aromatic N) is 12. The van der Waals surface area contributed by atoms with Crippen LogP contribution in [0.3, 0.4) is 0 Å². The zero-order chi connectivity index (χ0) is 57.3. The number of carboxylic acid groups (broad SMARTS) is 1. The number of amides is 1. The van der Waals surface area contributed by atoms with E-state index in [1.165, 1.54) is 66.7 Å². The molecule has 4 aromatic heterocycles. The zero-order valence-electron chi connectivity index (χ0n) is 49.1. The molecular formula is C62H88N14O5S2. The number of ether oxygens (including phenoxy) is 2. The molecule has 6 aliphatic rings. The first-order valence-corrected chi connectivity index (χ1v) is 32.3. The number of benzene rings is 2. The van der Waals surface area contributed by atoms with Crippen LogP contribution in [0, 0.1) is 13.8 Å². The Morgan fingerprint density at radius 2 is 1.04 bits per heavy atom. The van der Waals surface area contributed by atoms with Gasteiger partial charge in [-0.05, 0) is 102 Å². The van der Waals surface area contributed by atoms with Gasteiger partial charge in [0.25, 0.3) is 0 Å². The molecule has 4 N–H and O–H groups in total. The van der Waals surface area contributed by atoms with Crippen molar-refractivity contribution in [1.29, 1.82) is 0 Å². The highest BCUT2D eigenvalue weighted by atomic mass is 32.1. The standard InChI is InChI=1S/C31H43N7O2S.C25H31N5O3S.C6H14N2/c1-24-7-8-25-6-4-9-33-29(25)30(24)37-14-5-13-36(16-17-37)27(22-28(39)32-10-15-35-11-2-3-12-35)26-23-41-31(34-26)38-18-20-40-21-19-38;1-18-5-6-19-4-2-7-26-23(19)24(18)29-9-3-8-28(10-11-29)21(16-22(31)32)20-17-34-25(27-20)30-12-14-33-15-13-30;7-3-6-8-4-1-2-5-8/h4,6-9,23,27H,2-3,5,10-22H2,1H3,(H,32,39);2,4-7,17,21H,3,8-16H2,1H3,(H,31,32);1-7H2. The molecule has 10 heterocycles. The van der Waals surface area contributed by atoms with E-state index in [0.717, 1.165) is 175 Å². The highest BCUT2D eigenvalue weighted by molar-refractivity contribution is 7.14. The van der Waals surface area contributed by atoms with E-state index < -0.39 is 5.97 Å². The van der Waals surface area contributed by atoms with Crippen molar-refractivity contribution in [3.63, 3.8) is 0 Å². The van der Waals surface area contributed by atoms with Gasteiger partial charge in [0.05, 0.1) is 78.7 Å². The van der Waals surface area contributed by atoms with Crippen LogP contribution in [0.25, 0.3) is 21.8 Å². The number of nitrogens with two attached hydrogens (primary N) is 1. The van der Waals surface area contributed by atoms with Crippen LogP contribution in [0.2, 0.25) is 0 Å². The Balaban J connectivity index is 0.000000165. The summed E-state index contributed by atoms with van der Waals surface area (Å²) in [6, 6.07) is 16.6. The number of nitrogens with one attached hydrogen (secondary N) is 1. The van der Waals surface area contributed by atoms with Crippen LogP contribution in [0.5, 0.6) is 0 Å². The van der Waals surface area contributed by atoms with E-state index in [2.05, 4.69) is 105 Å². The minimum atomic E-state index is -0.791. The molecule has 6 aromatic rings. The average Bonchev–Trinajstić information content (AvgIpc) is 4.54. The summed E-state index contributed by atoms with van der Waals surface area (Å²) in [5.74, 6) is -0.675. The predicted octanol–water partition coefficient (Wildman–Crippen LogP) is 7.30. The third-order valence-corrected chi connectivity index (χ3v) is 18.9. The second-order valence-corrected chi connectivity index (χ2v) is 24.4. The third-order valence-electron chi connectivity index (χ3n) is 17.1. The number of thiazole rings is 2. The molecule has 2 atom stereocenters. The van der Waals surface area contributed by atoms with Gasteiger partial charge < -0.3 is 55.0 Å². The lowest BCUT2D eigenvalue weighted by atomic mass is 10.1. The molecule has 0 saturated carbocycles. The first-order chi connectivity index (χ1) is 40.7. The van der Waals surface area contributed by atoms with Crippen molar-refractivity contribution in [1.82, 2.24) is 44.9 Å². The number of pyridine rings is 2. The minimum Gasteiger partial charge on any atom is -0.481 e. The van der Waals surface area contributed by atoms with Gasteiger partial charge in [-0.3, -0.25) is 29.4 Å². The summed E-state index contributed by atoms with van der Waals surface area (Å²) in [6.45, 7) is 26.1. The van der Waals surface area contributed by atoms with Crippen LogP contribution in [0.1, 0.15) is 86.0 Å². The summed E-state index contributed by atoms with van der Waals surface area (Å²) in [4.78, 5) is 63.6. The summed E-state index contributed by atoms with van der Waals surface area (Å²) in [5, 5.41) is 21.4. The van der Waals surface area contributed by atoms with Crippen molar-refractivity contribution in [2.75, 3.05) is 177 Å². The van der Waals surface area contributed by atoms with Gasteiger partial charge in [0, 0.05) is 145 Å². The Morgan fingerprint density at radius 3 is 1.51 bits per heavy atom. The monoisotopic (exact) mass is 1170 g/mol. The lowest BCUT2D eigenvalue weighted by Gasteiger charge is -2.30. The Hall–Kier alpha value is -5.62. The molecular weight excluding hydrogens is 1080 g/mol. The zero-order valence-corrected chi connectivity index (χ0v) is 50.7. The Kier molecular flexibility index (Phi) is 22.2. The number of carbonyl (C=O) groups excluding carboxylic acids is 1. The number of hydrogen-bond acceptors (Lipinski definition) is 19. The topological polar surface area (TPSA) is 188 Å². The second-order valence-electron chi connectivity index (χ2n) is 22.7. The van der Waals surface area contributed by atoms with E-state index in [1.807, 2.05) is 29.9 Å². The summed E-state index contributed by atoms with van der Waals surface area (Å²) in [7, 11) is 0. The number of fused-ring (bicyclic) bond motifs is 2. The molecule has 6 fully saturated rings. The van der Waals surface area contributed by atoms with Gasteiger partial charge in [-0.2, -0.15) is 0 Å². The van der Waals surface area contributed by atoms with E-state index in [1.54, 1.807) is 22.7 Å². The van der Waals surface area contributed by atoms with Crippen molar-refractivity contribution < 1.29 is 24.2 Å². The second kappa shape index (κ2) is 30.5. The number of morpholine rings is 2. The van der Waals surface area contributed by atoms with Crippen molar-refractivity contribution in [3.05, 3.63) is 94.2 Å². The Morgan fingerprint density at radius 1 is 0.566 bits per heavy atom. The fourth-order valence-corrected chi connectivity index (χ4v) is 14.5. The van der Waals surface area contributed by atoms with E-state index >= 15 is 0 Å². The normalized spacial score (nSPS) is 19.7. The third kappa shape index (κ3) is 16.2. The van der Waals surface area contributed by atoms with Crippen LogP contribution in [0.15, 0.2) is 71.7 Å². The average molecular weight is 1170 g/mol. The number of rotatable bonds is 17. The first kappa shape index (κ1) is 60.5. The van der Waals surface area contributed by atoms with Gasteiger partial charge in [-0.1, -0.05) is 36.4 Å². The number of likely N-dealkylation sites (tertiary alicyclic amines) is 2. The van der Waals surface area contributed by atoms with E-state index in [4.69, 9.17) is 30.2 Å². The van der Waals surface area contributed by atoms with Gasteiger partial charge in [-0.15, -0.1) is 22.7 Å². The van der Waals surface area contributed by atoms with Crippen LogP contribution in [-0.2, 0) is 19.1 Å². The van der Waals surface area contributed by atoms with Gasteiger partial charge >= 0.3 is 5.97 Å². The maximum Gasteiger partial charge on any atom is 0.305 e. The van der Waals surface area contributed by atoms with E-state index in [0.29, 0.717) is 26.2 Å². The number of aryl methyl sites for hydroxylation is 2. The molecule has 6 saturated heterocycles. The van der Waals surface area contributed by atoms with Crippen molar-refractivity contribution in [2.24, 2.45) is 5.73 Å². The smallest absolute Gasteiger partial charge is 0.305 e. The molecule has 0 spiro atoms. The van der Waals surface area contributed by atoms with Crippen molar-refractivity contribution >= 4 is 78.0 Å². The molecule has 12 rings (SSSR count). The highest BCUT2D eigenvalue weighted by Crippen LogP contribution is 2.36. The number of carbonyl (C=O) groups is 2. The molecule has 21 heteroatoms. The highest BCUT2D eigenvalue weighted by Gasteiger charge is 2.32. The quantitative estimate of drug-likeness (QED) is 0.0825. The van der Waals surface area contributed by atoms with Crippen molar-refractivity contribution in [3.8, 4) is 0 Å². The van der Waals surface area contributed by atoms with Gasteiger partial charge in [0.1, 0.15) is 0 Å². The van der Waals surface area contributed by atoms with Gasteiger partial charge in [0.15, 0.2) is 10.3 Å². The summed E-state index contributed by atoms with van der Waals surface area (Å²) >= 11 is 3.29. The molecule has 19 nitrogen and oxygen atoms in total. The van der Waals surface area contributed by atoms with Crippen LogP contribution in [-0.4, -0.2) is 214 Å². The molecule has 0 radical (unpaired) electrons. The maximum absolute atomic E-state index is 13.3. The first-order valence-electron chi connectivity index (χ1n) is 30.5. The molecule has 2 unspecified atom stereocenters. The molecule has 0 bridgehead atoms. The van der Waals surface area contributed by atoms with Crippen LogP contribution >= 0.6 is 22.7 Å². The number of anilines is 4. The predicted molar refractivity (Wildman–Crippen MR) is 336 cm³/mol. The van der Waals surface area contributed by atoms with E-state index in [9.17, 15) is 14.7 Å². The number of carboxylic acids is 1. The van der Waals surface area contributed by atoms with Crippen LogP contribution < -0.4 is 30.7 Å². The molecule has 1 amide bonds. The van der Waals surface area contributed by atoms with Crippen LogP contribution in [0.4, 0.5) is 21.6 Å². The minimum absolute atomic E-state index is 0.0421. The number of aromatic nitrogens is 4. The number of hydrogen-bond donors (Lipinski definition) is 3. The number of aliphatic carboxylic acids is 1.